The lowest BCUT2D eigenvalue weighted by Gasteiger charge is -2.36. The van der Waals surface area contributed by atoms with Crippen molar-refractivity contribution in [1.82, 2.24) is 0 Å². The van der Waals surface area contributed by atoms with Crippen LogP contribution >= 0.6 is 0 Å². The van der Waals surface area contributed by atoms with E-state index in [2.05, 4.69) is 39.0 Å². The van der Waals surface area contributed by atoms with Gasteiger partial charge in [-0.3, -0.25) is 0 Å². The van der Waals surface area contributed by atoms with Crippen LogP contribution in [-0.2, 0) is 0 Å². The van der Waals surface area contributed by atoms with E-state index in [9.17, 15) is 0 Å². The molecule has 0 bridgehead atoms. The maximum Gasteiger partial charge on any atom is -0.0131 e. The van der Waals surface area contributed by atoms with E-state index >= 15 is 0 Å². The molecular formula is C13H18. The van der Waals surface area contributed by atoms with Gasteiger partial charge >= 0.3 is 0 Å². The van der Waals surface area contributed by atoms with Gasteiger partial charge in [0.1, 0.15) is 0 Å². The predicted octanol–water partition coefficient (Wildman–Crippen LogP) is 3.82. The zero-order chi connectivity index (χ0) is 9.42. The van der Waals surface area contributed by atoms with Crippen LogP contribution in [0.3, 0.4) is 0 Å². The molecule has 0 radical (unpaired) electrons. The minimum absolute atomic E-state index is 0.848. The first-order valence-corrected chi connectivity index (χ1v) is 5.26. The van der Waals surface area contributed by atoms with Crippen LogP contribution in [0.25, 0.3) is 0 Å². The molecule has 0 aromatic heterocycles. The monoisotopic (exact) mass is 174 g/mol. The fraction of sp³-hybridized carbons (Fsp3) is 0.538. The molecule has 0 nitrogen and oxygen atoms in total. The Morgan fingerprint density at radius 1 is 1.08 bits per heavy atom. The van der Waals surface area contributed by atoms with Crippen molar-refractivity contribution in [2.45, 2.75) is 39.5 Å². The number of hydrogen-bond donors (Lipinski definition) is 0. The van der Waals surface area contributed by atoms with Gasteiger partial charge in [0.15, 0.2) is 0 Å². The van der Waals surface area contributed by atoms with E-state index in [4.69, 9.17) is 0 Å². The van der Waals surface area contributed by atoms with Crippen LogP contribution in [0.2, 0.25) is 0 Å². The van der Waals surface area contributed by atoms with Crippen LogP contribution in [0.15, 0.2) is 18.2 Å². The molecule has 0 heteroatoms. The Kier molecular flexibility index (Phi) is 2.15. The summed E-state index contributed by atoms with van der Waals surface area (Å²) in [4.78, 5) is 0. The number of rotatable bonds is 1. The second-order valence-electron chi connectivity index (χ2n) is 4.47. The minimum atomic E-state index is 0.848. The molecule has 0 amide bonds. The van der Waals surface area contributed by atoms with Crippen molar-refractivity contribution < 1.29 is 0 Å². The molecule has 13 heavy (non-hydrogen) atoms. The Bertz CT molecular complexity index is 292. The highest BCUT2D eigenvalue weighted by atomic mass is 14.3. The maximum absolute atomic E-state index is 2.38. The van der Waals surface area contributed by atoms with Gasteiger partial charge in [-0.15, -0.1) is 0 Å². The second-order valence-corrected chi connectivity index (χ2v) is 4.47. The summed E-state index contributed by atoms with van der Waals surface area (Å²) in [6.07, 6.45) is 2.81. The van der Waals surface area contributed by atoms with Gasteiger partial charge < -0.3 is 0 Å². The van der Waals surface area contributed by atoms with Crippen LogP contribution in [0.1, 0.15) is 42.4 Å². The third-order valence-corrected chi connectivity index (χ3v) is 3.53. The highest BCUT2D eigenvalue weighted by molar-refractivity contribution is 5.37. The second kappa shape index (κ2) is 3.17. The first-order valence-electron chi connectivity index (χ1n) is 5.26. The van der Waals surface area contributed by atoms with Crippen molar-refractivity contribution in [3.63, 3.8) is 0 Å². The van der Waals surface area contributed by atoms with Crippen molar-refractivity contribution in [2.75, 3.05) is 0 Å². The van der Waals surface area contributed by atoms with Crippen LogP contribution in [-0.4, -0.2) is 0 Å². The molecule has 1 aromatic rings. The summed E-state index contributed by atoms with van der Waals surface area (Å²) in [6.45, 7) is 6.86. The van der Waals surface area contributed by atoms with Crippen LogP contribution < -0.4 is 0 Å². The Balaban J connectivity index is 2.38. The standard InChI is InChI=1S/C13H18/c1-9-7-8-12(9)13-10(2)5-4-6-11(13)3/h4-6,9,12H,7-8H2,1-3H3. The van der Waals surface area contributed by atoms with Gasteiger partial charge in [-0.2, -0.15) is 0 Å². The molecule has 0 N–H and O–H groups in total. The first-order chi connectivity index (χ1) is 6.20. The molecule has 1 saturated carbocycles. The van der Waals surface area contributed by atoms with Crippen LogP contribution in [0.4, 0.5) is 0 Å². The lowest BCUT2D eigenvalue weighted by Crippen LogP contribution is -2.22. The molecular weight excluding hydrogens is 156 g/mol. The van der Waals surface area contributed by atoms with Gasteiger partial charge in [-0.05, 0) is 55.2 Å². The normalized spacial score (nSPS) is 27.0. The van der Waals surface area contributed by atoms with E-state index in [-0.39, 0.29) is 0 Å². The predicted molar refractivity (Wildman–Crippen MR) is 57.1 cm³/mol. The molecule has 1 aliphatic rings. The third-order valence-electron chi connectivity index (χ3n) is 3.53. The average Bonchev–Trinajstić information content (AvgIpc) is 2.09. The summed E-state index contributed by atoms with van der Waals surface area (Å²) in [5.74, 6) is 1.75. The summed E-state index contributed by atoms with van der Waals surface area (Å²) in [5.41, 5.74) is 4.59. The molecule has 2 rings (SSSR count). The van der Waals surface area contributed by atoms with Gasteiger partial charge in [0.2, 0.25) is 0 Å². The molecule has 1 fully saturated rings. The zero-order valence-electron chi connectivity index (χ0n) is 8.80. The van der Waals surface area contributed by atoms with Gasteiger partial charge in [0.05, 0.1) is 0 Å². The molecule has 1 aliphatic carbocycles. The van der Waals surface area contributed by atoms with E-state index in [1.807, 2.05) is 0 Å². The molecule has 70 valence electrons. The first kappa shape index (κ1) is 8.80. The summed E-state index contributed by atoms with van der Waals surface area (Å²) in [7, 11) is 0. The van der Waals surface area contributed by atoms with Crippen LogP contribution in [0.5, 0.6) is 0 Å². The van der Waals surface area contributed by atoms with Crippen molar-refractivity contribution in [3.8, 4) is 0 Å². The van der Waals surface area contributed by atoms with Gasteiger partial charge in [-0.1, -0.05) is 25.1 Å². The quantitative estimate of drug-likeness (QED) is 0.607. The van der Waals surface area contributed by atoms with Crippen molar-refractivity contribution >= 4 is 0 Å². The summed E-state index contributed by atoms with van der Waals surface area (Å²) in [5, 5.41) is 0. The lowest BCUT2D eigenvalue weighted by molar-refractivity contribution is 0.278. The number of aryl methyl sites for hydroxylation is 2. The third kappa shape index (κ3) is 1.39. The SMILES string of the molecule is Cc1cccc(C)c1C1CCC1C. The van der Waals surface area contributed by atoms with E-state index in [0.29, 0.717) is 0 Å². The Morgan fingerprint density at radius 2 is 1.69 bits per heavy atom. The van der Waals surface area contributed by atoms with Gasteiger partial charge in [-0.25, -0.2) is 0 Å². The summed E-state index contributed by atoms with van der Waals surface area (Å²) < 4.78 is 0. The van der Waals surface area contributed by atoms with E-state index in [0.717, 1.165) is 11.8 Å². The highest BCUT2D eigenvalue weighted by Crippen LogP contribution is 2.44. The van der Waals surface area contributed by atoms with Crippen LogP contribution in [0, 0.1) is 19.8 Å². The number of benzene rings is 1. The van der Waals surface area contributed by atoms with Crippen molar-refractivity contribution in [2.24, 2.45) is 5.92 Å². The largest absolute Gasteiger partial charge is 0.0619 e. The summed E-state index contributed by atoms with van der Waals surface area (Å²) in [6, 6.07) is 6.65. The summed E-state index contributed by atoms with van der Waals surface area (Å²) >= 11 is 0. The Hall–Kier alpha value is -0.780. The topological polar surface area (TPSA) is 0 Å². The van der Waals surface area contributed by atoms with Gasteiger partial charge in [0, 0.05) is 0 Å². The molecule has 0 saturated heterocycles. The minimum Gasteiger partial charge on any atom is -0.0619 e. The van der Waals surface area contributed by atoms with Crippen molar-refractivity contribution in [1.29, 1.82) is 0 Å². The molecule has 0 heterocycles. The maximum atomic E-state index is 2.38. The molecule has 1 aromatic carbocycles. The van der Waals surface area contributed by atoms with E-state index in [1.54, 1.807) is 5.56 Å². The smallest absolute Gasteiger partial charge is 0.0131 e. The zero-order valence-corrected chi connectivity index (χ0v) is 8.80. The molecule has 2 unspecified atom stereocenters. The highest BCUT2D eigenvalue weighted by Gasteiger charge is 2.29. The van der Waals surface area contributed by atoms with Gasteiger partial charge in [0.25, 0.3) is 0 Å². The number of hydrogen-bond acceptors (Lipinski definition) is 0. The lowest BCUT2D eigenvalue weighted by atomic mass is 9.69. The van der Waals surface area contributed by atoms with Crippen molar-refractivity contribution in [3.05, 3.63) is 34.9 Å². The Labute approximate surface area is 81.0 Å². The fourth-order valence-electron chi connectivity index (χ4n) is 2.51. The fourth-order valence-corrected chi connectivity index (χ4v) is 2.51. The van der Waals surface area contributed by atoms with E-state index in [1.165, 1.54) is 24.0 Å². The molecule has 2 atom stereocenters. The van der Waals surface area contributed by atoms with E-state index < -0.39 is 0 Å². The molecule has 0 aliphatic heterocycles. The molecule has 0 spiro atoms. The average molecular weight is 174 g/mol. The Morgan fingerprint density at radius 3 is 2.08 bits per heavy atom.